The summed E-state index contributed by atoms with van der Waals surface area (Å²) in [6, 6.07) is 11.8. The van der Waals surface area contributed by atoms with Crippen molar-refractivity contribution in [3.8, 4) is 11.5 Å². The maximum atomic E-state index is 14.0. The second kappa shape index (κ2) is 12.3. The largest absolute Gasteiger partial charge is 0.496 e. The molecule has 0 radical (unpaired) electrons. The van der Waals surface area contributed by atoms with Crippen LogP contribution in [0.3, 0.4) is 0 Å². The van der Waals surface area contributed by atoms with E-state index >= 15 is 0 Å². The van der Waals surface area contributed by atoms with Crippen molar-refractivity contribution in [1.82, 2.24) is 4.57 Å². The van der Waals surface area contributed by atoms with E-state index in [2.05, 4.69) is 6.58 Å². The first kappa shape index (κ1) is 27.4. The standard InChI is InChI=1S/C29H29ClN2O5S/c1-5-10-21-25(28(34)36-7-3)26(20-17-19(30)13-14-23(20)35-4)32-27(33)24(38-29(32)31-21)16-18-11-8-9-12-22(18)37-15-6-2/h6,8-9,11-14,16-17,26H,2,5,7,10,15H2,1,3-4H3/b24-16+/t26-/m1/s1. The van der Waals surface area contributed by atoms with Gasteiger partial charge in [0.25, 0.3) is 5.56 Å². The Balaban J connectivity index is 2.02. The van der Waals surface area contributed by atoms with Crippen LogP contribution in [0, 0.1) is 0 Å². The van der Waals surface area contributed by atoms with Crippen LogP contribution in [0.4, 0.5) is 0 Å². The molecule has 0 fully saturated rings. The molecule has 4 rings (SSSR count). The second-order valence-electron chi connectivity index (χ2n) is 8.44. The molecule has 0 unspecified atom stereocenters. The molecule has 2 aromatic carbocycles. The zero-order valence-electron chi connectivity index (χ0n) is 21.5. The van der Waals surface area contributed by atoms with Crippen LogP contribution in [0.1, 0.15) is 43.9 Å². The number of allylic oxidation sites excluding steroid dienone is 1. The third-order valence-electron chi connectivity index (χ3n) is 5.94. The lowest BCUT2D eigenvalue weighted by atomic mass is 9.93. The van der Waals surface area contributed by atoms with Gasteiger partial charge in [0.15, 0.2) is 4.80 Å². The summed E-state index contributed by atoms with van der Waals surface area (Å²) in [5, 5.41) is 0.452. The van der Waals surface area contributed by atoms with Crippen molar-refractivity contribution in [3.63, 3.8) is 0 Å². The summed E-state index contributed by atoms with van der Waals surface area (Å²) in [5.41, 5.74) is 1.92. The van der Waals surface area contributed by atoms with E-state index in [0.717, 1.165) is 12.0 Å². The summed E-state index contributed by atoms with van der Waals surface area (Å²) < 4.78 is 18.8. The highest BCUT2D eigenvalue weighted by Crippen LogP contribution is 2.38. The quantitative estimate of drug-likeness (QED) is 0.266. The van der Waals surface area contributed by atoms with Gasteiger partial charge in [-0.1, -0.05) is 67.1 Å². The summed E-state index contributed by atoms with van der Waals surface area (Å²) in [6.45, 7) is 7.98. The molecule has 198 valence electrons. The minimum absolute atomic E-state index is 0.188. The number of ether oxygens (including phenoxy) is 3. The van der Waals surface area contributed by atoms with Gasteiger partial charge in [-0.3, -0.25) is 9.36 Å². The number of benzene rings is 2. The minimum Gasteiger partial charge on any atom is -0.496 e. The molecule has 9 heteroatoms. The number of nitrogens with zero attached hydrogens (tertiary/aromatic N) is 2. The van der Waals surface area contributed by atoms with Crippen molar-refractivity contribution in [3.05, 3.63) is 102 Å². The summed E-state index contributed by atoms with van der Waals surface area (Å²) in [5.74, 6) is 0.603. The number of esters is 1. The Hall–Kier alpha value is -3.62. The van der Waals surface area contributed by atoms with E-state index in [1.807, 2.05) is 31.2 Å². The number of carbonyl (C=O) groups is 1. The Morgan fingerprint density at radius 3 is 2.71 bits per heavy atom. The van der Waals surface area contributed by atoms with E-state index in [1.165, 1.54) is 23.0 Å². The Kier molecular flexibility index (Phi) is 8.86. The Morgan fingerprint density at radius 1 is 1.21 bits per heavy atom. The predicted octanol–water partition coefficient (Wildman–Crippen LogP) is 4.81. The minimum atomic E-state index is -0.824. The van der Waals surface area contributed by atoms with E-state index in [9.17, 15) is 9.59 Å². The number of para-hydroxylation sites is 1. The molecule has 7 nitrogen and oxygen atoms in total. The summed E-state index contributed by atoms with van der Waals surface area (Å²) in [4.78, 5) is 32.6. The van der Waals surface area contributed by atoms with Crippen LogP contribution >= 0.6 is 22.9 Å². The van der Waals surface area contributed by atoms with Crippen LogP contribution in [0.5, 0.6) is 11.5 Å². The monoisotopic (exact) mass is 552 g/mol. The number of hydrogen-bond donors (Lipinski definition) is 0. The molecule has 0 spiro atoms. The number of rotatable bonds is 10. The van der Waals surface area contributed by atoms with Gasteiger partial charge in [0, 0.05) is 16.1 Å². The average molecular weight is 553 g/mol. The van der Waals surface area contributed by atoms with Gasteiger partial charge in [-0.25, -0.2) is 9.79 Å². The van der Waals surface area contributed by atoms with E-state index in [4.69, 9.17) is 30.8 Å². The molecule has 0 saturated heterocycles. The van der Waals surface area contributed by atoms with Crippen molar-refractivity contribution < 1.29 is 19.0 Å². The van der Waals surface area contributed by atoms with Crippen LogP contribution in [0.2, 0.25) is 5.02 Å². The van der Waals surface area contributed by atoms with Gasteiger partial charge in [-0.2, -0.15) is 0 Å². The topological polar surface area (TPSA) is 79.1 Å². The van der Waals surface area contributed by atoms with Crippen molar-refractivity contribution in [2.45, 2.75) is 32.7 Å². The molecule has 3 aromatic rings. The summed E-state index contributed by atoms with van der Waals surface area (Å²) in [6.07, 6.45) is 4.73. The lowest BCUT2D eigenvalue weighted by Gasteiger charge is -2.27. The molecular weight excluding hydrogens is 524 g/mol. The first-order valence-corrected chi connectivity index (χ1v) is 13.5. The van der Waals surface area contributed by atoms with Gasteiger partial charge in [-0.15, -0.1) is 0 Å². The molecule has 0 aliphatic carbocycles. The highest BCUT2D eigenvalue weighted by molar-refractivity contribution is 7.07. The van der Waals surface area contributed by atoms with Gasteiger partial charge >= 0.3 is 5.97 Å². The highest BCUT2D eigenvalue weighted by Gasteiger charge is 2.36. The Morgan fingerprint density at radius 2 is 2.00 bits per heavy atom. The average Bonchev–Trinajstić information content (AvgIpc) is 3.22. The van der Waals surface area contributed by atoms with Crippen LogP contribution in [0.25, 0.3) is 6.08 Å². The number of halogens is 1. The number of hydrogen-bond acceptors (Lipinski definition) is 7. The summed E-state index contributed by atoms with van der Waals surface area (Å²) >= 11 is 7.65. The molecule has 1 atom stereocenters. The molecule has 0 N–H and O–H groups in total. The fourth-order valence-corrected chi connectivity index (χ4v) is 5.55. The van der Waals surface area contributed by atoms with E-state index in [-0.39, 0.29) is 12.2 Å². The van der Waals surface area contributed by atoms with Crippen molar-refractivity contribution in [1.29, 1.82) is 0 Å². The smallest absolute Gasteiger partial charge is 0.338 e. The van der Waals surface area contributed by atoms with Gasteiger partial charge in [0.05, 0.1) is 29.5 Å². The normalized spacial score (nSPS) is 15.1. The fourth-order valence-electron chi connectivity index (χ4n) is 4.36. The number of carbonyl (C=O) groups excluding carboxylic acids is 1. The number of thiazole rings is 1. The van der Waals surface area contributed by atoms with Crippen LogP contribution < -0.4 is 24.4 Å². The molecule has 1 aliphatic heterocycles. The highest BCUT2D eigenvalue weighted by atomic mass is 35.5. The first-order chi connectivity index (χ1) is 18.4. The molecular formula is C29H29ClN2O5S. The molecule has 0 bridgehead atoms. The van der Waals surface area contributed by atoms with Gasteiger partial charge in [0.2, 0.25) is 0 Å². The maximum absolute atomic E-state index is 14.0. The van der Waals surface area contributed by atoms with Gasteiger partial charge < -0.3 is 14.2 Å². The van der Waals surface area contributed by atoms with E-state index < -0.39 is 12.0 Å². The molecule has 1 aromatic heterocycles. The molecule has 0 amide bonds. The number of methoxy groups -OCH3 is 1. The third-order valence-corrected chi connectivity index (χ3v) is 7.16. The van der Waals surface area contributed by atoms with Crippen LogP contribution in [0.15, 0.2) is 76.2 Å². The Labute approximate surface area is 230 Å². The predicted molar refractivity (Wildman–Crippen MR) is 150 cm³/mol. The number of fused-ring (bicyclic) bond motifs is 1. The lowest BCUT2D eigenvalue weighted by Crippen LogP contribution is -2.40. The lowest BCUT2D eigenvalue weighted by molar-refractivity contribution is -0.139. The molecule has 38 heavy (non-hydrogen) atoms. The first-order valence-electron chi connectivity index (χ1n) is 12.3. The second-order valence-corrected chi connectivity index (χ2v) is 9.88. The van der Waals surface area contributed by atoms with E-state index in [1.54, 1.807) is 37.3 Å². The third kappa shape index (κ3) is 5.47. The zero-order valence-corrected chi connectivity index (χ0v) is 23.1. The van der Waals surface area contributed by atoms with Crippen LogP contribution in [-0.4, -0.2) is 30.9 Å². The summed E-state index contributed by atoms with van der Waals surface area (Å²) in [7, 11) is 1.54. The SMILES string of the molecule is C=CCOc1ccccc1/C=c1/sc2n(c1=O)[C@H](c1cc(Cl)ccc1OC)C(C(=O)OCC)=C(CCC)N=2. The van der Waals surface area contributed by atoms with Crippen molar-refractivity contribution >= 4 is 35.0 Å². The van der Waals surface area contributed by atoms with Crippen molar-refractivity contribution in [2.75, 3.05) is 20.3 Å². The van der Waals surface area contributed by atoms with Crippen molar-refractivity contribution in [2.24, 2.45) is 4.99 Å². The number of aromatic nitrogens is 1. The fraction of sp³-hybridized carbons (Fsp3) is 0.276. The van der Waals surface area contributed by atoms with Crippen LogP contribution in [-0.2, 0) is 9.53 Å². The molecule has 0 saturated carbocycles. The molecule has 1 aliphatic rings. The zero-order chi connectivity index (χ0) is 27.2. The Bertz CT molecular complexity index is 1570. The van der Waals surface area contributed by atoms with Gasteiger partial charge in [-0.05, 0) is 43.7 Å². The van der Waals surface area contributed by atoms with E-state index in [0.29, 0.717) is 55.7 Å². The maximum Gasteiger partial charge on any atom is 0.338 e. The molecule has 2 heterocycles. The van der Waals surface area contributed by atoms with Gasteiger partial charge in [0.1, 0.15) is 24.1 Å².